The number of nitrogens with zero attached hydrogens (tertiary/aromatic N) is 1. The van der Waals surface area contributed by atoms with Crippen LogP contribution in [0.1, 0.15) is 65.2 Å². The topological polar surface area (TPSA) is 37.4 Å². The third kappa shape index (κ3) is 8.97. The van der Waals surface area contributed by atoms with Gasteiger partial charge in [-0.3, -0.25) is 14.5 Å². The number of carbonyl (C=O) groups excluding carboxylic acids is 2. The highest BCUT2D eigenvalue weighted by atomic mass is 16.2. The summed E-state index contributed by atoms with van der Waals surface area (Å²) in [4.78, 5) is 23.6. The molecule has 0 atom stereocenters. The number of allylic oxidation sites excluding steroid dienone is 1. The summed E-state index contributed by atoms with van der Waals surface area (Å²) in [7, 11) is 0. The second kappa shape index (κ2) is 11.0. The molecule has 0 fully saturated rings. The Morgan fingerprint density at radius 3 is 1.78 bits per heavy atom. The van der Waals surface area contributed by atoms with Crippen molar-refractivity contribution in [3.8, 4) is 0 Å². The van der Waals surface area contributed by atoms with Crippen molar-refractivity contribution in [3.63, 3.8) is 0 Å². The normalized spacial score (nSPS) is 10.1. The van der Waals surface area contributed by atoms with Gasteiger partial charge in [0, 0.05) is 20.4 Å². The molecule has 0 aromatic carbocycles. The molecule has 104 valence electrons. The summed E-state index contributed by atoms with van der Waals surface area (Å²) in [6, 6.07) is 0. The summed E-state index contributed by atoms with van der Waals surface area (Å²) in [6.07, 6.45) is 11.3. The van der Waals surface area contributed by atoms with E-state index in [-0.39, 0.29) is 11.8 Å². The van der Waals surface area contributed by atoms with E-state index < -0.39 is 0 Å². The second-order valence-electron chi connectivity index (χ2n) is 4.74. The van der Waals surface area contributed by atoms with Gasteiger partial charge in [-0.15, -0.1) is 6.58 Å². The number of unbranched alkanes of at least 4 members (excludes halogenated alkanes) is 7. The van der Waals surface area contributed by atoms with Crippen LogP contribution in [0.2, 0.25) is 0 Å². The highest BCUT2D eigenvalue weighted by molar-refractivity contribution is 5.92. The molecule has 0 saturated heterocycles. The first-order valence-corrected chi connectivity index (χ1v) is 6.99. The third-order valence-electron chi connectivity index (χ3n) is 3.05. The van der Waals surface area contributed by atoms with Gasteiger partial charge in [0.15, 0.2) is 0 Å². The molecular formula is C15H27NO2. The Morgan fingerprint density at radius 2 is 1.33 bits per heavy atom. The maximum Gasteiger partial charge on any atom is 0.226 e. The van der Waals surface area contributed by atoms with E-state index in [1.165, 1.54) is 50.9 Å². The first-order chi connectivity index (χ1) is 8.59. The van der Waals surface area contributed by atoms with Crippen LogP contribution in [0.25, 0.3) is 0 Å². The van der Waals surface area contributed by atoms with Crippen molar-refractivity contribution in [2.45, 2.75) is 65.2 Å². The van der Waals surface area contributed by atoms with Crippen molar-refractivity contribution in [1.29, 1.82) is 0 Å². The molecule has 0 aliphatic rings. The maximum absolute atomic E-state index is 11.1. The summed E-state index contributed by atoms with van der Waals surface area (Å²) in [6.45, 7) is 7.17. The predicted molar refractivity (Wildman–Crippen MR) is 75.2 cm³/mol. The number of amides is 2. The van der Waals surface area contributed by atoms with Crippen LogP contribution in [0.5, 0.6) is 0 Å². The molecule has 0 radical (unpaired) electrons. The zero-order chi connectivity index (χ0) is 13.8. The van der Waals surface area contributed by atoms with Crippen molar-refractivity contribution in [2.75, 3.05) is 6.54 Å². The number of imide groups is 1. The number of carbonyl (C=O) groups is 2. The van der Waals surface area contributed by atoms with E-state index in [4.69, 9.17) is 0 Å². The van der Waals surface area contributed by atoms with Crippen molar-refractivity contribution in [1.82, 2.24) is 4.90 Å². The minimum absolute atomic E-state index is 0.146. The van der Waals surface area contributed by atoms with E-state index >= 15 is 0 Å². The quantitative estimate of drug-likeness (QED) is 0.440. The van der Waals surface area contributed by atoms with Gasteiger partial charge in [-0.05, 0) is 19.3 Å². The molecule has 2 amide bonds. The summed E-state index contributed by atoms with van der Waals surface area (Å²) < 4.78 is 0. The molecular weight excluding hydrogens is 226 g/mol. The van der Waals surface area contributed by atoms with Gasteiger partial charge < -0.3 is 0 Å². The van der Waals surface area contributed by atoms with Crippen molar-refractivity contribution >= 4 is 11.8 Å². The highest BCUT2D eigenvalue weighted by Gasteiger charge is 2.11. The molecule has 0 aliphatic heterocycles. The standard InChI is InChI=1S/C15H27NO2/c1-4-5-6-7-8-9-10-11-12-13-16(14(2)17)15(3)18/h4H,1,5-13H2,2-3H3. The minimum atomic E-state index is -0.146. The molecule has 0 aliphatic carbocycles. The van der Waals surface area contributed by atoms with E-state index in [9.17, 15) is 9.59 Å². The zero-order valence-electron chi connectivity index (χ0n) is 11.9. The summed E-state index contributed by atoms with van der Waals surface area (Å²) in [5, 5.41) is 0. The van der Waals surface area contributed by atoms with Gasteiger partial charge in [-0.2, -0.15) is 0 Å². The lowest BCUT2D eigenvalue weighted by Crippen LogP contribution is -2.34. The van der Waals surface area contributed by atoms with Gasteiger partial charge in [-0.1, -0.05) is 38.2 Å². The molecule has 0 spiro atoms. The maximum atomic E-state index is 11.1. The monoisotopic (exact) mass is 253 g/mol. The third-order valence-corrected chi connectivity index (χ3v) is 3.05. The molecule has 0 heterocycles. The molecule has 18 heavy (non-hydrogen) atoms. The van der Waals surface area contributed by atoms with Gasteiger partial charge in [0.2, 0.25) is 11.8 Å². The van der Waals surface area contributed by atoms with E-state index in [2.05, 4.69) is 6.58 Å². The Labute approximate surface area is 111 Å². The fourth-order valence-electron chi connectivity index (χ4n) is 1.98. The highest BCUT2D eigenvalue weighted by Crippen LogP contribution is 2.09. The first-order valence-electron chi connectivity index (χ1n) is 6.99. The molecule has 0 aromatic rings. The van der Waals surface area contributed by atoms with Crippen molar-refractivity contribution in [2.24, 2.45) is 0 Å². The van der Waals surface area contributed by atoms with Crippen LogP contribution in [-0.4, -0.2) is 23.3 Å². The van der Waals surface area contributed by atoms with Gasteiger partial charge in [0.1, 0.15) is 0 Å². The second-order valence-corrected chi connectivity index (χ2v) is 4.74. The number of rotatable bonds is 10. The Bertz CT molecular complexity index is 247. The largest absolute Gasteiger partial charge is 0.283 e. The van der Waals surface area contributed by atoms with Crippen molar-refractivity contribution in [3.05, 3.63) is 12.7 Å². The predicted octanol–water partition coefficient (Wildman–Crippen LogP) is 3.69. The average molecular weight is 253 g/mol. The molecule has 0 N–H and O–H groups in total. The van der Waals surface area contributed by atoms with E-state index in [1.54, 1.807) is 0 Å². The van der Waals surface area contributed by atoms with E-state index in [0.717, 1.165) is 19.3 Å². The van der Waals surface area contributed by atoms with Gasteiger partial charge >= 0.3 is 0 Å². The summed E-state index contributed by atoms with van der Waals surface area (Å²) in [5.41, 5.74) is 0. The number of hydrogen-bond donors (Lipinski definition) is 0. The van der Waals surface area contributed by atoms with Gasteiger partial charge in [0.25, 0.3) is 0 Å². The first kappa shape index (κ1) is 16.9. The molecule has 0 bridgehead atoms. The Balaban J connectivity index is 3.41. The summed E-state index contributed by atoms with van der Waals surface area (Å²) in [5.74, 6) is -0.293. The Hall–Kier alpha value is -1.12. The lowest BCUT2D eigenvalue weighted by molar-refractivity contribution is -0.142. The fraction of sp³-hybridized carbons (Fsp3) is 0.733. The molecule has 3 heteroatoms. The lowest BCUT2D eigenvalue weighted by atomic mass is 10.1. The average Bonchev–Trinajstić information content (AvgIpc) is 2.30. The zero-order valence-corrected chi connectivity index (χ0v) is 11.9. The van der Waals surface area contributed by atoms with Crippen LogP contribution >= 0.6 is 0 Å². The molecule has 0 unspecified atom stereocenters. The van der Waals surface area contributed by atoms with Crippen LogP contribution in [-0.2, 0) is 9.59 Å². The van der Waals surface area contributed by atoms with Crippen LogP contribution < -0.4 is 0 Å². The van der Waals surface area contributed by atoms with Crippen LogP contribution in [0.3, 0.4) is 0 Å². The fourth-order valence-corrected chi connectivity index (χ4v) is 1.98. The Morgan fingerprint density at radius 1 is 0.889 bits per heavy atom. The molecule has 3 nitrogen and oxygen atoms in total. The molecule has 0 aromatic heterocycles. The SMILES string of the molecule is C=CCCCCCCCCCN(C(C)=O)C(C)=O. The molecule has 0 saturated carbocycles. The summed E-state index contributed by atoms with van der Waals surface area (Å²) >= 11 is 0. The van der Waals surface area contributed by atoms with Gasteiger partial charge in [-0.25, -0.2) is 0 Å². The lowest BCUT2D eigenvalue weighted by Gasteiger charge is -2.16. The van der Waals surface area contributed by atoms with Crippen molar-refractivity contribution < 1.29 is 9.59 Å². The number of hydrogen-bond acceptors (Lipinski definition) is 2. The molecule has 0 rings (SSSR count). The van der Waals surface area contributed by atoms with E-state index in [0.29, 0.717) is 6.54 Å². The Kier molecular flexibility index (Phi) is 10.3. The van der Waals surface area contributed by atoms with E-state index in [1.807, 2.05) is 6.08 Å². The van der Waals surface area contributed by atoms with Crippen LogP contribution in [0.15, 0.2) is 12.7 Å². The van der Waals surface area contributed by atoms with Crippen LogP contribution in [0.4, 0.5) is 0 Å². The smallest absolute Gasteiger partial charge is 0.226 e. The van der Waals surface area contributed by atoms with Gasteiger partial charge in [0.05, 0.1) is 0 Å². The minimum Gasteiger partial charge on any atom is -0.283 e. The van der Waals surface area contributed by atoms with Crippen LogP contribution in [0, 0.1) is 0 Å².